The van der Waals surface area contributed by atoms with Crippen LogP contribution in [0.2, 0.25) is 0 Å². The van der Waals surface area contributed by atoms with Gasteiger partial charge in [-0.2, -0.15) is 0 Å². The summed E-state index contributed by atoms with van der Waals surface area (Å²) in [7, 11) is 0. The number of carbonyl (C=O) groups excluding carboxylic acids is 1. The van der Waals surface area contributed by atoms with Crippen molar-refractivity contribution < 1.29 is 9.90 Å². The van der Waals surface area contributed by atoms with Gasteiger partial charge in [0, 0.05) is 6.20 Å². The van der Waals surface area contributed by atoms with Crippen molar-refractivity contribution >= 4 is 32.6 Å². The third kappa shape index (κ3) is 2.38. The Balaban J connectivity index is 1.86. The van der Waals surface area contributed by atoms with Gasteiger partial charge in [-0.25, -0.2) is 4.98 Å². The highest BCUT2D eigenvalue weighted by molar-refractivity contribution is 7.22. The molecule has 2 N–H and O–H groups in total. The number of aromatic nitrogens is 2. The first-order chi connectivity index (χ1) is 9.22. The lowest BCUT2D eigenvalue weighted by Gasteiger charge is -2.00. The van der Waals surface area contributed by atoms with E-state index in [1.807, 2.05) is 24.3 Å². The molecule has 0 aliphatic rings. The van der Waals surface area contributed by atoms with Gasteiger partial charge < -0.3 is 5.11 Å². The van der Waals surface area contributed by atoms with Crippen LogP contribution in [0, 0.1) is 0 Å². The van der Waals surface area contributed by atoms with Gasteiger partial charge in [0.15, 0.2) is 5.13 Å². The number of hydrogen-bond acceptors (Lipinski definition) is 5. The minimum absolute atomic E-state index is 0.0445. The van der Waals surface area contributed by atoms with Crippen molar-refractivity contribution in [1.29, 1.82) is 0 Å². The van der Waals surface area contributed by atoms with Gasteiger partial charge in [-0.3, -0.25) is 15.1 Å². The fourth-order valence-corrected chi connectivity index (χ4v) is 2.51. The molecule has 0 radical (unpaired) electrons. The van der Waals surface area contributed by atoms with Crippen LogP contribution in [-0.2, 0) is 0 Å². The molecule has 5 nitrogen and oxygen atoms in total. The fourth-order valence-electron chi connectivity index (χ4n) is 1.65. The first-order valence-corrected chi connectivity index (χ1v) is 6.35. The number of para-hydroxylation sites is 1. The zero-order chi connectivity index (χ0) is 13.2. The SMILES string of the molecule is O=C(Nc1nc2ccccc2s1)c1cncc(O)c1. The number of pyridine rings is 1. The molecule has 94 valence electrons. The van der Waals surface area contributed by atoms with Crippen LogP contribution in [0.25, 0.3) is 10.2 Å². The Hall–Kier alpha value is -2.47. The lowest BCUT2D eigenvalue weighted by Crippen LogP contribution is -2.11. The van der Waals surface area contributed by atoms with E-state index in [9.17, 15) is 9.90 Å². The van der Waals surface area contributed by atoms with E-state index >= 15 is 0 Å². The molecule has 0 saturated carbocycles. The highest BCUT2D eigenvalue weighted by atomic mass is 32.1. The molecule has 0 spiro atoms. The fraction of sp³-hybridized carbons (Fsp3) is 0. The summed E-state index contributed by atoms with van der Waals surface area (Å²) in [5, 5.41) is 12.5. The van der Waals surface area contributed by atoms with Gasteiger partial charge in [-0.05, 0) is 18.2 Å². The number of fused-ring (bicyclic) bond motifs is 1. The molecule has 0 atom stereocenters. The van der Waals surface area contributed by atoms with Gasteiger partial charge in [-0.15, -0.1) is 0 Å². The number of hydrogen-bond donors (Lipinski definition) is 2. The van der Waals surface area contributed by atoms with Crippen LogP contribution in [0.3, 0.4) is 0 Å². The summed E-state index contributed by atoms with van der Waals surface area (Å²) in [6.45, 7) is 0. The van der Waals surface area contributed by atoms with Crippen LogP contribution in [0.5, 0.6) is 5.75 Å². The second-order valence-corrected chi connectivity index (χ2v) is 4.90. The molecule has 1 aromatic carbocycles. The van der Waals surface area contributed by atoms with Gasteiger partial charge in [-0.1, -0.05) is 23.5 Å². The Kier molecular flexibility index (Phi) is 2.85. The van der Waals surface area contributed by atoms with E-state index in [0.717, 1.165) is 10.2 Å². The standard InChI is InChI=1S/C13H9N3O2S/c17-9-5-8(6-14-7-9)12(18)16-13-15-10-3-1-2-4-11(10)19-13/h1-7,17H,(H,15,16,18). The van der Waals surface area contributed by atoms with Crippen LogP contribution in [0.15, 0.2) is 42.7 Å². The molecular formula is C13H9N3O2S. The number of amides is 1. The topological polar surface area (TPSA) is 75.1 Å². The number of nitrogens with one attached hydrogen (secondary N) is 1. The summed E-state index contributed by atoms with van der Waals surface area (Å²) in [6, 6.07) is 9.00. The average Bonchev–Trinajstić information content (AvgIpc) is 2.80. The number of carbonyl (C=O) groups is 1. The van der Waals surface area contributed by atoms with Gasteiger partial charge in [0.2, 0.25) is 0 Å². The Bertz CT molecular complexity index is 721. The van der Waals surface area contributed by atoms with Crippen molar-refractivity contribution in [2.24, 2.45) is 0 Å². The molecule has 3 rings (SSSR count). The second-order valence-electron chi connectivity index (χ2n) is 3.87. The van der Waals surface area contributed by atoms with Crippen LogP contribution < -0.4 is 5.32 Å². The quantitative estimate of drug-likeness (QED) is 0.751. The highest BCUT2D eigenvalue weighted by Crippen LogP contribution is 2.25. The molecule has 6 heteroatoms. The molecule has 0 fully saturated rings. The maximum Gasteiger partial charge on any atom is 0.259 e. The van der Waals surface area contributed by atoms with E-state index in [4.69, 9.17) is 0 Å². The number of benzene rings is 1. The smallest absolute Gasteiger partial charge is 0.259 e. The van der Waals surface area contributed by atoms with Gasteiger partial charge >= 0.3 is 0 Å². The molecule has 2 heterocycles. The van der Waals surface area contributed by atoms with Crippen LogP contribution >= 0.6 is 11.3 Å². The normalized spacial score (nSPS) is 10.5. The van der Waals surface area contributed by atoms with Gasteiger partial charge in [0.05, 0.1) is 22.0 Å². The molecule has 19 heavy (non-hydrogen) atoms. The van der Waals surface area contributed by atoms with Crippen molar-refractivity contribution in [3.8, 4) is 5.75 Å². The molecule has 0 aliphatic heterocycles. The zero-order valence-electron chi connectivity index (χ0n) is 9.70. The molecular weight excluding hydrogens is 262 g/mol. The minimum atomic E-state index is -0.345. The number of anilines is 1. The van der Waals surface area contributed by atoms with E-state index < -0.39 is 0 Å². The second kappa shape index (κ2) is 4.66. The van der Waals surface area contributed by atoms with Gasteiger partial charge in [0.1, 0.15) is 5.75 Å². The predicted octanol–water partition coefficient (Wildman–Crippen LogP) is 2.65. The maximum absolute atomic E-state index is 11.9. The Labute approximate surface area is 112 Å². The molecule has 1 amide bonds. The van der Waals surface area contributed by atoms with E-state index in [2.05, 4.69) is 15.3 Å². The number of aromatic hydroxyl groups is 1. The van der Waals surface area contributed by atoms with E-state index in [1.165, 1.54) is 29.8 Å². The van der Waals surface area contributed by atoms with Gasteiger partial charge in [0.25, 0.3) is 5.91 Å². The number of thiazole rings is 1. The van der Waals surface area contributed by atoms with Crippen LogP contribution in [-0.4, -0.2) is 21.0 Å². The van der Waals surface area contributed by atoms with Crippen molar-refractivity contribution in [2.45, 2.75) is 0 Å². The first-order valence-electron chi connectivity index (χ1n) is 5.53. The van der Waals surface area contributed by atoms with Crippen molar-refractivity contribution in [3.05, 3.63) is 48.3 Å². The Morgan fingerprint density at radius 1 is 1.26 bits per heavy atom. The summed E-state index contributed by atoms with van der Waals surface area (Å²) in [4.78, 5) is 20.0. The molecule has 0 aliphatic carbocycles. The summed E-state index contributed by atoms with van der Waals surface area (Å²) in [6.07, 6.45) is 2.66. The molecule has 2 aromatic heterocycles. The molecule has 0 bridgehead atoms. The lowest BCUT2D eigenvalue weighted by molar-refractivity contribution is 0.102. The predicted molar refractivity (Wildman–Crippen MR) is 73.5 cm³/mol. The van der Waals surface area contributed by atoms with Crippen molar-refractivity contribution in [2.75, 3.05) is 5.32 Å². The summed E-state index contributed by atoms with van der Waals surface area (Å²) < 4.78 is 1.01. The van der Waals surface area contributed by atoms with Crippen molar-refractivity contribution in [3.63, 3.8) is 0 Å². The van der Waals surface area contributed by atoms with Crippen LogP contribution in [0.1, 0.15) is 10.4 Å². The summed E-state index contributed by atoms with van der Waals surface area (Å²) >= 11 is 1.40. The number of nitrogens with zero attached hydrogens (tertiary/aromatic N) is 2. The minimum Gasteiger partial charge on any atom is -0.506 e. The van der Waals surface area contributed by atoms with E-state index in [-0.39, 0.29) is 11.7 Å². The largest absolute Gasteiger partial charge is 0.506 e. The molecule has 0 saturated heterocycles. The average molecular weight is 271 g/mol. The first kappa shape index (κ1) is 11.6. The Morgan fingerprint density at radius 2 is 2.11 bits per heavy atom. The summed E-state index contributed by atoms with van der Waals surface area (Å²) in [5.74, 6) is -0.389. The Morgan fingerprint density at radius 3 is 2.89 bits per heavy atom. The number of rotatable bonds is 2. The zero-order valence-corrected chi connectivity index (χ0v) is 10.5. The van der Waals surface area contributed by atoms with Crippen molar-refractivity contribution in [1.82, 2.24) is 9.97 Å². The molecule has 0 unspecified atom stereocenters. The van der Waals surface area contributed by atoms with E-state index in [0.29, 0.717) is 10.7 Å². The monoisotopic (exact) mass is 271 g/mol. The molecule has 3 aromatic rings. The maximum atomic E-state index is 11.9. The third-order valence-electron chi connectivity index (χ3n) is 2.50. The van der Waals surface area contributed by atoms with E-state index in [1.54, 1.807) is 0 Å². The third-order valence-corrected chi connectivity index (χ3v) is 3.45. The van der Waals surface area contributed by atoms with Crippen LogP contribution in [0.4, 0.5) is 5.13 Å². The lowest BCUT2D eigenvalue weighted by atomic mass is 10.2. The summed E-state index contributed by atoms with van der Waals surface area (Å²) in [5.41, 5.74) is 1.14. The highest BCUT2D eigenvalue weighted by Gasteiger charge is 2.10.